The van der Waals surface area contributed by atoms with E-state index in [4.69, 9.17) is 26.7 Å². The lowest BCUT2D eigenvalue weighted by atomic mass is 10.3. The maximum atomic E-state index is 12.6. The van der Waals surface area contributed by atoms with Crippen LogP contribution in [-0.4, -0.2) is 24.1 Å². The summed E-state index contributed by atoms with van der Waals surface area (Å²) in [7, 11) is -3.61. The molecule has 0 unspecified atom stereocenters. The van der Waals surface area contributed by atoms with Gasteiger partial charge in [0.25, 0.3) is 0 Å². The molecular formula is C13H17N2O3PS. The van der Waals surface area contributed by atoms with Crippen molar-refractivity contribution in [3.8, 4) is 0 Å². The van der Waals surface area contributed by atoms with Crippen LogP contribution in [0.25, 0.3) is 0 Å². The van der Waals surface area contributed by atoms with Crippen molar-refractivity contribution in [3.05, 3.63) is 35.6 Å². The Balaban J connectivity index is 2.97. The predicted molar refractivity (Wildman–Crippen MR) is 84.8 cm³/mol. The fourth-order valence-corrected chi connectivity index (χ4v) is 3.43. The van der Waals surface area contributed by atoms with Crippen molar-refractivity contribution in [3.63, 3.8) is 0 Å². The molecule has 1 aromatic carbocycles. The van der Waals surface area contributed by atoms with Crippen LogP contribution in [0.15, 0.2) is 35.6 Å². The molecule has 0 fully saturated rings. The fraction of sp³-hybridized carbons (Fsp3) is 0.308. The highest BCUT2D eigenvalue weighted by Crippen LogP contribution is 2.55. The normalized spacial score (nSPS) is 10.7. The Kier molecular flexibility index (Phi) is 6.79. The van der Waals surface area contributed by atoms with Crippen LogP contribution in [0.3, 0.4) is 0 Å². The maximum absolute atomic E-state index is 12.6. The van der Waals surface area contributed by atoms with Gasteiger partial charge in [0.1, 0.15) is 4.99 Å². The molecule has 7 heteroatoms. The molecule has 0 atom stereocenters. The Morgan fingerprint density at radius 3 is 2.30 bits per heavy atom. The van der Waals surface area contributed by atoms with Crippen molar-refractivity contribution in [2.45, 2.75) is 13.8 Å². The van der Waals surface area contributed by atoms with Crippen molar-refractivity contribution in [2.75, 3.05) is 18.5 Å². The third-order valence-corrected chi connectivity index (χ3v) is 4.77. The lowest BCUT2D eigenvalue weighted by Gasteiger charge is -2.19. The highest BCUT2D eigenvalue weighted by atomic mass is 32.1. The van der Waals surface area contributed by atoms with Crippen LogP contribution in [-0.2, 0) is 13.6 Å². The lowest BCUT2D eigenvalue weighted by Crippen LogP contribution is -2.15. The van der Waals surface area contributed by atoms with E-state index in [9.17, 15) is 4.57 Å². The second kappa shape index (κ2) is 8.10. The Morgan fingerprint density at radius 1 is 1.30 bits per heavy atom. The summed E-state index contributed by atoms with van der Waals surface area (Å²) < 4.78 is 22.9. The molecule has 0 aliphatic rings. The number of rotatable bonds is 7. The fourth-order valence-electron chi connectivity index (χ4n) is 1.47. The summed E-state index contributed by atoms with van der Waals surface area (Å²) in [5, 5.41) is 10.1. The zero-order valence-corrected chi connectivity index (χ0v) is 13.1. The van der Waals surface area contributed by atoms with Crippen LogP contribution in [0.1, 0.15) is 13.8 Å². The van der Waals surface area contributed by atoms with Crippen LogP contribution in [0.5, 0.6) is 0 Å². The van der Waals surface area contributed by atoms with Crippen LogP contribution in [0.2, 0.25) is 0 Å². The molecule has 1 aromatic rings. The molecule has 0 saturated carbocycles. The van der Waals surface area contributed by atoms with Crippen molar-refractivity contribution in [1.29, 1.82) is 5.41 Å². The average molecular weight is 312 g/mol. The maximum Gasteiger partial charge on any atom is 0.373 e. The molecule has 0 spiro atoms. The molecule has 20 heavy (non-hydrogen) atoms. The summed E-state index contributed by atoms with van der Waals surface area (Å²) in [6.45, 7) is 3.77. The Hall–Kier alpha value is -1.29. The molecule has 0 saturated heterocycles. The molecular weight excluding hydrogens is 295 g/mol. The third kappa shape index (κ3) is 4.37. The third-order valence-electron chi connectivity index (χ3n) is 2.24. The lowest BCUT2D eigenvalue weighted by molar-refractivity contribution is 0.228. The van der Waals surface area contributed by atoms with E-state index >= 15 is 0 Å². The van der Waals surface area contributed by atoms with Gasteiger partial charge in [0.05, 0.1) is 13.2 Å². The Labute approximate surface area is 124 Å². The van der Waals surface area contributed by atoms with E-state index < -0.39 is 7.60 Å². The van der Waals surface area contributed by atoms with E-state index in [1.165, 1.54) is 0 Å². The Morgan fingerprint density at radius 2 is 1.85 bits per heavy atom. The first-order valence-electron chi connectivity index (χ1n) is 6.13. The van der Waals surface area contributed by atoms with Gasteiger partial charge in [0.15, 0.2) is 5.31 Å². The summed E-state index contributed by atoms with van der Waals surface area (Å²) in [6.07, 6.45) is 0. The monoisotopic (exact) mass is 312 g/mol. The van der Waals surface area contributed by atoms with Gasteiger partial charge in [-0.3, -0.25) is 9.97 Å². The van der Waals surface area contributed by atoms with Gasteiger partial charge in [-0.05, 0) is 31.9 Å². The first kappa shape index (κ1) is 16.8. The Bertz CT molecular complexity index is 546. The van der Waals surface area contributed by atoms with E-state index in [-0.39, 0.29) is 23.5 Å². The minimum Gasteiger partial charge on any atom is -0.345 e. The molecule has 0 aromatic heterocycles. The highest BCUT2D eigenvalue weighted by Gasteiger charge is 2.33. The average Bonchev–Trinajstić information content (AvgIpc) is 2.41. The molecule has 1 rings (SSSR count). The molecule has 0 aliphatic carbocycles. The van der Waals surface area contributed by atoms with Crippen LogP contribution in [0, 0.1) is 5.41 Å². The molecule has 0 aliphatic heterocycles. The number of hydrogen-bond acceptors (Lipinski definition) is 5. The van der Waals surface area contributed by atoms with Gasteiger partial charge in [0, 0.05) is 5.69 Å². The van der Waals surface area contributed by atoms with Crippen LogP contribution >= 0.6 is 19.8 Å². The van der Waals surface area contributed by atoms with Gasteiger partial charge in [-0.1, -0.05) is 30.4 Å². The molecule has 5 nitrogen and oxygen atoms in total. The summed E-state index contributed by atoms with van der Waals surface area (Å²) in [4.78, 5) is 0.108. The standard InChI is InChI=1S/C13H17N2O3PS/c1-3-17-19(16,18-4-2)12(10-14)13(20)15-11-8-6-5-7-9-11/h5-9,14H,3-4H2,1-2H3,(H,15,20). The molecule has 0 radical (unpaired) electrons. The topological polar surface area (TPSA) is 71.4 Å². The van der Waals surface area contributed by atoms with Crippen molar-refractivity contribution >= 4 is 36.4 Å². The first-order chi connectivity index (χ1) is 9.57. The van der Waals surface area contributed by atoms with E-state index in [1.807, 2.05) is 18.2 Å². The number of anilines is 1. The summed E-state index contributed by atoms with van der Waals surface area (Å²) in [5.41, 5.74) is 0.727. The van der Waals surface area contributed by atoms with Gasteiger partial charge in [0.2, 0.25) is 0 Å². The molecule has 2 N–H and O–H groups in total. The smallest absolute Gasteiger partial charge is 0.345 e. The summed E-state index contributed by atoms with van der Waals surface area (Å²) in [5.74, 6) is 2.08. The van der Waals surface area contributed by atoms with Crippen molar-refractivity contribution < 1.29 is 13.6 Å². The van der Waals surface area contributed by atoms with E-state index in [2.05, 4.69) is 11.2 Å². The number of para-hydroxylation sites is 1. The first-order valence-corrected chi connectivity index (χ1v) is 8.08. The van der Waals surface area contributed by atoms with Gasteiger partial charge in [-0.15, -0.1) is 0 Å². The number of thiocarbonyl (C=S) groups is 1. The molecule has 0 bridgehead atoms. The highest BCUT2D eigenvalue weighted by molar-refractivity contribution is 7.83. The van der Waals surface area contributed by atoms with E-state index in [1.54, 1.807) is 26.0 Å². The summed E-state index contributed by atoms with van der Waals surface area (Å²) >= 11 is 5.17. The SMILES string of the molecule is CCOP(=O)(OCC)C(=C=N)C(=S)Nc1ccccc1. The number of benzene rings is 1. The van der Waals surface area contributed by atoms with Crippen molar-refractivity contribution in [2.24, 2.45) is 0 Å². The van der Waals surface area contributed by atoms with Gasteiger partial charge < -0.3 is 14.4 Å². The van der Waals surface area contributed by atoms with E-state index in [0.717, 1.165) is 5.69 Å². The quantitative estimate of drug-likeness (QED) is 0.346. The van der Waals surface area contributed by atoms with Crippen LogP contribution < -0.4 is 5.32 Å². The second-order valence-electron chi connectivity index (χ2n) is 3.63. The minimum atomic E-state index is -3.61. The number of hydrogen-bond donors (Lipinski definition) is 2. The minimum absolute atomic E-state index is 0.0694. The van der Waals surface area contributed by atoms with Gasteiger partial charge in [-0.25, -0.2) is 0 Å². The van der Waals surface area contributed by atoms with Gasteiger partial charge in [-0.2, -0.15) is 0 Å². The zero-order chi connectivity index (χ0) is 15.0. The predicted octanol–water partition coefficient (Wildman–Crippen LogP) is 3.82. The second-order valence-corrected chi connectivity index (χ2v) is 5.99. The van der Waals surface area contributed by atoms with Crippen molar-refractivity contribution in [1.82, 2.24) is 0 Å². The van der Waals surface area contributed by atoms with Gasteiger partial charge >= 0.3 is 7.60 Å². The molecule has 0 heterocycles. The summed E-state index contributed by atoms with van der Waals surface area (Å²) in [6, 6.07) is 9.15. The molecule has 108 valence electrons. The van der Waals surface area contributed by atoms with Crippen LogP contribution in [0.4, 0.5) is 5.69 Å². The molecule has 0 amide bonds. The number of nitrogens with one attached hydrogen (secondary N) is 2. The van der Waals surface area contributed by atoms with E-state index in [0.29, 0.717) is 0 Å². The zero-order valence-electron chi connectivity index (χ0n) is 11.4. The largest absolute Gasteiger partial charge is 0.373 e.